The highest BCUT2D eigenvalue weighted by Crippen LogP contribution is 2.30. The van der Waals surface area contributed by atoms with Crippen molar-refractivity contribution in [2.45, 2.75) is 25.8 Å². The van der Waals surface area contributed by atoms with Gasteiger partial charge >= 0.3 is 6.09 Å². The van der Waals surface area contributed by atoms with E-state index in [0.29, 0.717) is 56.1 Å². The number of carboxylic acid groups (broad SMARTS) is 1. The molecule has 2 aromatic rings. The van der Waals surface area contributed by atoms with E-state index in [1.165, 1.54) is 4.90 Å². The Morgan fingerprint density at radius 3 is 2.35 bits per heavy atom. The molecule has 0 aliphatic carbocycles. The number of carbonyl (C=O) groups excluding carboxylic acids is 1. The molecular weight excluding hydrogens is 438 g/mol. The first-order chi connectivity index (χ1) is 16.4. The lowest BCUT2D eigenvalue weighted by molar-refractivity contribution is 0.0938. The molecule has 2 aromatic carbocycles. The molecule has 0 saturated carbocycles. The molecule has 184 valence electrons. The minimum Gasteiger partial charge on any atom is -0.493 e. The van der Waals surface area contributed by atoms with Gasteiger partial charge in [-0.1, -0.05) is 12.1 Å². The van der Waals surface area contributed by atoms with Gasteiger partial charge in [0.1, 0.15) is 0 Å². The maximum absolute atomic E-state index is 13.3. The number of nitrogens with zero attached hydrogens (tertiary/aromatic N) is 2. The summed E-state index contributed by atoms with van der Waals surface area (Å²) in [6.07, 6.45) is 0.224. The summed E-state index contributed by atoms with van der Waals surface area (Å²) in [7, 11) is 3.14. The number of benzene rings is 2. The van der Waals surface area contributed by atoms with E-state index in [9.17, 15) is 19.8 Å². The monoisotopic (exact) mass is 471 g/mol. The Balaban J connectivity index is 1.80. The molecule has 1 aliphatic heterocycles. The van der Waals surface area contributed by atoms with Crippen LogP contribution >= 0.6 is 0 Å². The second-order valence-electron chi connectivity index (χ2n) is 8.23. The highest BCUT2D eigenvalue weighted by atomic mass is 16.5. The van der Waals surface area contributed by atoms with E-state index in [1.54, 1.807) is 20.3 Å². The normalized spacial score (nSPS) is 14.5. The zero-order valence-electron chi connectivity index (χ0n) is 19.9. The van der Waals surface area contributed by atoms with E-state index in [-0.39, 0.29) is 18.6 Å². The molecule has 0 spiro atoms. The Kier molecular flexibility index (Phi) is 8.59. The molecular formula is C25H33N3O6. The maximum Gasteiger partial charge on any atom is 0.407 e. The van der Waals surface area contributed by atoms with E-state index in [2.05, 4.69) is 10.2 Å². The SMILES string of the molecule is COc1ccc(C(C)NC(=O)c2cc(N3CCN(C(=O)O)CC3)ccc2CCCO)cc1OC. The lowest BCUT2D eigenvalue weighted by atomic mass is 9.99. The topological polar surface area (TPSA) is 112 Å². The number of aryl methyl sites for hydroxylation is 1. The Hall–Kier alpha value is -3.46. The minimum absolute atomic E-state index is 0.0437. The van der Waals surface area contributed by atoms with Gasteiger partial charge in [0, 0.05) is 44.0 Å². The van der Waals surface area contributed by atoms with Gasteiger partial charge in [0.05, 0.1) is 20.3 Å². The highest BCUT2D eigenvalue weighted by Gasteiger charge is 2.23. The van der Waals surface area contributed by atoms with Crippen molar-refractivity contribution in [1.82, 2.24) is 10.2 Å². The Labute approximate surface area is 199 Å². The van der Waals surface area contributed by atoms with Crippen LogP contribution in [0.3, 0.4) is 0 Å². The maximum atomic E-state index is 13.3. The minimum atomic E-state index is -0.914. The van der Waals surface area contributed by atoms with Crippen LogP contribution in [-0.4, -0.2) is 74.1 Å². The van der Waals surface area contributed by atoms with Gasteiger partial charge in [0.25, 0.3) is 5.91 Å². The van der Waals surface area contributed by atoms with Gasteiger partial charge in [-0.2, -0.15) is 0 Å². The summed E-state index contributed by atoms with van der Waals surface area (Å²) < 4.78 is 10.7. The molecule has 3 rings (SSSR count). The molecule has 1 aliphatic rings. The summed E-state index contributed by atoms with van der Waals surface area (Å²) in [4.78, 5) is 28.0. The van der Waals surface area contributed by atoms with Gasteiger partial charge in [-0.05, 0) is 55.2 Å². The lowest BCUT2D eigenvalue weighted by Gasteiger charge is -2.35. The van der Waals surface area contributed by atoms with Crippen molar-refractivity contribution in [3.63, 3.8) is 0 Å². The first kappa shape index (κ1) is 25.2. The van der Waals surface area contributed by atoms with Crippen molar-refractivity contribution in [2.75, 3.05) is 51.9 Å². The highest BCUT2D eigenvalue weighted by molar-refractivity contribution is 5.97. The number of aliphatic hydroxyl groups is 1. The van der Waals surface area contributed by atoms with Gasteiger partial charge in [-0.15, -0.1) is 0 Å². The number of piperazine rings is 1. The fourth-order valence-corrected chi connectivity index (χ4v) is 4.10. The van der Waals surface area contributed by atoms with Crippen LogP contribution in [-0.2, 0) is 6.42 Å². The van der Waals surface area contributed by atoms with Crippen LogP contribution in [0.1, 0.15) is 40.9 Å². The van der Waals surface area contributed by atoms with Crippen molar-refractivity contribution < 1.29 is 29.3 Å². The smallest absolute Gasteiger partial charge is 0.407 e. The average Bonchev–Trinajstić information content (AvgIpc) is 2.86. The summed E-state index contributed by atoms with van der Waals surface area (Å²) in [5, 5.41) is 21.5. The van der Waals surface area contributed by atoms with Crippen LogP contribution in [0.15, 0.2) is 36.4 Å². The molecule has 3 N–H and O–H groups in total. The molecule has 0 bridgehead atoms. The summed E-state index contributed by atoms with van der Waals surface area (Å²) >= 11 is 0. The summed E-state index contributed by atoms with van der Waals surface area (Å²) in [6.45, 7) is 3.90. The summed E-state index contributed by atoms with van der Waals surface area (Å²) in [5.41, 5.74) is 3.17. The van der Waals surface area contributed by atoms with E-state index < -0.39 is 6.09 Å². The number of amides is 2. The molecule has 1 unspecified atom stereocenters. The van der Waals surface area contributed by atoms with Crippen LogP contribution in [0.5, 0.6) is 11.5 Å². The third-order valence-corrected chi connectivity index (χ3v) is 6.11. The molecule has 0 aromatic heterocycles. The molecule has 34 heavy (non-hydrogen) atoms. The fourth-order valence-electron chi connectivity index (χ4n) is 4.10. The zero-order chi connectivity index (χ0) is 24.7. The predicted molar refractivity (Wildman–Crippen MR) is 129 cm³/mol. The number of anilines is 1. The van der Waals surface area contributed by atoms with Crippen LogP contribution in [0.2, 0.25) is 0 Å². The van der Waals surface area contributed by atoms with E-state index in [1.807, 2.05) is 37.3 Å². The summed E-state index contributed by atoms with van der Waals surface area (Å²) in [5.74, 6) is 1.00. The second kappa shape index (κ2) is 11.6. The Bertz CT molecular complexity index is 1000. The zero-order valence-corrected chi connectivity index (χ0v) is 19.9. The van der Waals surface area contributed by atoms with Gasteiger partial charge in [0.15, 0.2) is 11.5 Å². The number of hydrogen-bond donors (Lipinski definition) is 3. The van der Waals surface area contributed by atoms with E-state index in [4.69, 9.17) is 9.47 Å². The second-order valence-corrected chi connectivity index (χ2v) is 8.23. The molecule has 9 nitrogen and oxygen atoms in total. The molecule has 1 saturated heterocycles. The first-order valence-electron chi connectivity index (χ1n) is 11.4. The number of aliphatic hydroxyl groups excluding tert-OH is 1. The number of ether oxygens (including phenoxy) is 2. The molecule has 1 atom stereocenters. The first-order valence-corrected chi connectivity index (χ1v) is 11.4. The Morgan fingerprint density at radius 1 is 1.03 bits per heavy atom. The molecule has 9 heteroatoms. The van der Waals surface area contributed by atoms with Gasteiger partial charge in [-0.25, -0.2) is 4.79 Å². The predicted octanol–water partition coefficient (Wildman–Crippen LogP) is 2.92. The number of hydrogen-bond acceptors (Lipinski definition) is 6. The number of rotatable bonds is 9. The van der Waals surface area contributed by atoms with Crippen molar-refractivity contribution in [1.29, 1.82) is 0 Å². The van der Waals surface area contributed by atoms with Gasteiger partial charge in [0.2, 0.25) is 0 Å². The van der Waals surface area contributed by atoms with Crippen LogP contribution in [0.25, 0.3) is 0 Å². The van der Waals surface area contributed by atoms with Gasteiger partial charge < -0.3 is 34.8 Å². The quantitative estimate of drug-likeness (QED) is 0.516. The Morgan fingerprint density at radius 2 is 1.74 bits per heavy atom. The number of nitrogens with one attached hydrogen (secondary N) is 1. The number of carbonyl (C=O) groups is 2. The van der Waals surface area contributed by atoms with E-state index in [0.717, 1.165) is 16.8 Å². The molecule has 1 heterocycles. The third kappa shape index (κ3) is 5.91. The third-order valence-electron chi connectivity index (χ3n) is 6.11. The summed E-state index contributed by atoms with van der Waals surface area (Å²) in [6, 6.07) is 11.0. The molecule has 1 fully saturated rings. The van der Waals surface area contributed by atoms with E-state index >= 15 is 0 Å². The number of methoxy groups -OCH3 is 2. The fraction of sp³-hybridized carbons (Fsp3) is 0.440. The average molecular weight is 472 g/mol. The molecule has 2 amide bonds. The standard InChI is InChI=1S/C25H33N3O6/c1-17(19-7-9-22(33-2)23(15-19)34-3)26-24(30)21-16-20(8-6-18(21)5-4-14-29)27-10-12-28(13-11-27)25(31)32/h6-9,15-17,29H,4-5,10-14H2,1-3H3,(H,26,30)(H,31,32). The van der Waals surface area contributed by atoms with Crippen LogP contribution in [0.4, 0.5) is 10.5 Å². The van der Waals surface area contributed by atoms with Crippen LogP contribution < -0.4 is 19.7 Å². The lowest BCUT2D eigenvalue weighted by Crippen LogP contribution is -2.48. The largest absolute Gasteiger partial charge is 0.493 e. The molecule has 0 radical (unpaired) electrons. The van der Waals surface area contributed by atoms with Crippen molar-refractivity contribution in [3.8, 4) is 11.5 Å². The van der Waals surface area contributed by atoms with Crippen molar-refractivity contribution >= 4 is 17.7 Å². The van der Waals surface area contributed by atoms with Crippen molar-refractivity contribution in [3.05, 3.63) is 53.1 Å². The van der Waals surface area contributed by atoms with Crippen LogP contribution in [0, 0.1) is 0 Å². The van der Waals surface area contributed by atoms with Gasteiger partial charge in [-0.3, -0.25) is 4.79 Å². The van der Waals surface area contributed by atoms with Crippen molar-refractivity contribution in [2.24, 2.45) is 0 Å².